The van der Waals surface area contributed by atoms with Crippen LogP contribution in [0.5, 0.6) is 5.75 Å². The van der Waals surface area contributed by atoms with Crippen molar-refractivity contribution < 1.29 is 9.26 Å². The molecule has 6 nitrogen and oxygen atoms in total. The van der Waals surface area contributed by atoms with E-state index in [1.807, 2.05) is 62.4 Å². The molecule has 0 aliphatic carbocycles. The molecule has 4 rings (SSSR count). The summed E-state index contributed by atoms with van der Waals surface area (Å²) >= 11 is 6.26. The van der Waals surface area contributed by atoms with Gasteiger partial charge in [0.2, 0.25) is 5.82 Å². The van der Waals surface area contributed by atoms with Crippen molar-refractivity contribution in [2.75, 3.05) is 6.61 Å². The lowest BCUT2D eigenvalue weighted by Crippen LogP contribution is -1.92. The average Bonchev–Trinajstić information content (AvgIpc) is 3.33. The van der Waals surface area contributed by atoms with Crippen LogP contribution in [0.25, 0.3) is 34.2 Å². The lowest BCUT2D eigenvalue weighted by molar-refractivity contribution is 0.340. The van der Waals surface area contributed by atoms with Gasteiger partial charge in [0.25, 0.3) is 5.89 Å². The Morgan fingerprint density at radius 2 is 1.85 bits per heavy atom. The summed E-state index contributed by atoms with van der Waals surface area (Å²) in [5.41, 5.74) is 4.30. The van der Waals surface area contributed by atoms with Crippen LogP contribution in [0.4, 0.5) is 0 Å². The number of hydrogen-bond acceptors (Lipinski definition) is 5. The molecule has 7 heteroatoms. The maximum Gasteiger partial charge on any atom is 0.276 e. The van der Waals surface area contributed by atoms with Crippen LogP contribution in [0.2, 0.25) is 5.02 Å². The third-order valence-corrected chi connectivity index (χ3v) is 4.37. The summed E-state index contributed by atoms with van der Waals surface area (Å²) in [6.07, 6.45) is 0. The van der Waals surface area contributed by atoms with Crippen LogP contribution in [-0.2, 0) is 0 Å². The smallest absolute Gasteiger partial charge is 0.276 e. The molecule has 0 bridgehead atoms. The Balaban J connectivity index is 1.60. The fourth-order valence-corrected chi connectivity index (χ4v) is 2.90. The van der Waals surface area contributed by atoms with Gasteiger partial charge in [-0.2, -0.15) is 10.1 Å². The summed E-state index contributed by atoms with van der Waals surface area (Å²) in [6, 6.07) is 15.3. The molecule has 2 heterocycles. The molecular weight excluding hydrogens is 364 g/mol. The number of ether oxygens (including phenoxy) is 1. The summed E-state index contributed by atoms with van der Waals surface area (Å²) in [5, 5.41) is 11.8. The number of aromatic amines is 1. The van der Waals surface area contributed by atoms with Crippen LogP contribution in [0, 0.1) is 6.92 Å². The summed E-state index contributed by atoms with van der Waals surface area (Å²) in [5.74, 6) is 1.56. The number of aryl methyl sites for hydroxylation is 1. The summed E-state index contributed by atoms with van der Waals surface area (Å²) in [7, 11) is 0. The number of nitrogens with zero attached hydrogens (tertiary/aromatic N) is 3. The number of hydrogen-bond donors (Lipinski definition) is 1. The Kier molecular flexibility index (Phi) is 4.64. The maximum absolute atomic E-state index is 6.26. The second-order valence-corrected chi connectivity index (χ2v) is 6.44. The van der Waals surface area contributed by atoms with Crippen LogP contribution >= 0.6 is 11.6 Å². The molecule has 0 amide bonds. The van der Waals surface area contributed by atoms with E-state index in [2.05, 4.69) is 20.3 Å². The van der Waals surface area contributed by atoms with E-state index in [0.29, 0.717) is 34.8 Å². The molecule has 0 saturated carbocycles. The van der Waals surface area contributed by atoms with Crippen molar-refractivity contribution in [3.8, 4) is 40.0 Å². The summed E-state index contributed by atoms with van der Waals surface area (Å²) in [4.78, 5) is 4.45. The van der Waals surface area contributed by atoms with Gasteiger partial charge in [-0.15, -0.1) is 0 Å². The fourth-order valence-electron chi connectivity index (χ4n) is 2.66. The summed E-state index contributed by atoms with van der Waals surface area (Å²) in [6.45, 7) is 4.51. The lowest BCUT2D eigenvalue weighted by atomic mass is 10.1. The van der Waals surface area contributed by atoms with Gasteiger partial charge in [-0.3, -0.25) is 5.10 Å². The second-order valence-electron chi connectivity index (χ2n) is 6.03. The highest BCUT2D eigenvalue weighted by molar-refractivity contribution is 6.32. The highest BCUT2D eigenvalue weighted by Crippen LogP contribution is 2.31. The minimum Gasteiger partial charge on any atom is -0.492 e. The van der Waals surface area contributed by atoms with Crippen molar-refractivity contribution in [1.29, 1.82) is 0 Å². The molecule has 0 radical (unpaired) electrons. The summed E-state index contributed by atoms with van der Waals surface area (Å²) < 4.78 is 10.8. The Morgan fingerprint density at radius 1 is 1.07 bits per heavy atom. The first-order chi connectivity index (χ1) is 13.1. The van der Waals surface area contributed by atoms with Crippen LogP contribution < -0.4 is 4.74 Å². The number of benzene rings is 2. The van der Waals surface area contributed by atoms with Crippen LogP contribution in [0.15, 0.2) is 53.1 Å². The van der Waals surface area contributed by atoms with Gasteiger partial charge < -0.3 is 9.26 Å². The normalized spacial score (nSPS) is 10.9. The predicted octanol–water partition coefficient (Wildman–Crippen LogP) is 5.15. The van der Waals surface area contributed by atoms with Crippen LogP contribution in [0.1, 0.15) is 12.5 Å². The lowest BCUT2D eigenvalue weighted by Gasteiger charge is -2.06. The molecule has 2 aromatic heterocycles. The first-order valence-electron chi connectivity index (χ1n) is 8.53. The Hall–Kier alpha value is -3.12. The quantitative estimate of drug-likeness (QED) is 0.517. The number of rotatable bonds is 5. The van der Waals surface area contributed by atoms with Gasteiger partial charge in [-0.1, -0.05) is 46.6 Å². The Bertz CT molecular complexity index is 1070. The molecule has 0 unspecified atom stereocenters. The van der Waals surface area contributed by atoms with Crippen molar-refractivity contribution in [3.63, 3.8) is 0 Å². The monoisotopic (exact) mass is 380 g/mol. The molecule has 0 atom stereocenters. The average molecular weight is 381 g/mol. The molecule has 4 aromatic rings. The zero-order valence-corrected chi connectivity index (χ0v) is 15.6. The third-order valence-electron chi connectivity index (χ3n) is 4.07. The molecule has 27 heavy (non-hydrogen) atoms. The molecule has 1 N–H and O–H groups in total. The van der Waals surface area contributed by atoms with E-state index < -0.39 is 0 Å². The maximum atomic E-state index is 6.26. The fraction of sp³-hybridized carbons (Fsp3) is 0.150. The van der Waals surface area contributed by atoms with Gasteiger partial charge in [-0.05, 0) is 38.1 Å². The number of H-pyrrole nitrogens is 1. The SMILES string of the molecule is CCOc1ccc(-c2cc(-c3nc(-c4ccc(C)cc4)no3)[nH]n2)cc1Cl. The van der Waals surface area contributed by atoms with Crippen LogP contribution in [-0.4, -0.2) is 26.9 Å². The Morgan fingerprint density at radius 3 is 2.59 bits per heavy atom. The zero-order valence-electron chi connectivity index (χ0n) is 14.9. The van der Waals surface area contributed by atoms with Crippen LogP contribution in [0.3, 0.4) is 0 Å². The third kappa shape index (κ3) is 3.57. The predicted molar refractivity (Wildman–Crippen MR) is 104 cm³/mol. The molecular formula is C20H17ClN4O2. The minimum atomic E-state index is 0.376. The topological polar surface area (TPSA) is 76.8 Å². The van der Waals surface area contributed by atoms with Crippen molar-refractivity contribution in [1.82, 2.24) is 20.3 Å². The van der Waals surface area contributed by atoms with Gasteiger partial charge in [0, 0.05) is 11.1 Å². The standard InChI is InChI=1S/C20H17ClN4O2/c1-3-26-18-9-8-14(10-15(18)21)16-11-17(24-23-16)20-22-19(25-27-20)13-6-4-12(2)5-7-13/h4-11H,3H2,1-2H3,(H,23,24). The van der Waals surface area contributed by atoms with E-state index in [9.17, 15) is 0 Å². The van der Waals surface area contributed by atoms with Gasteiger partial charge in [-0.25, -0.2) is 0 Å². The highest BCUT2D eigenvalue weighted by atomic mass is 35.5. The van der Waals surface area contributed by atoms with Crippen molar-refractivity contribution in [2.24, 2.45) is 0 Å². The van der Waals surface area contributed by atoms with Gasteiger partial charge >= 0.3 is 0 Å². The first kappa shape index (κ1) is 17.3. The van der Waals surface area contributed by atoms with E-state index >= 15 is 0 Å². The van der Waals surface area contributed by atoms with E-state index in [1.54, 1.807) is 0 Å². The molecule has 0 aliphatic rings. The van der Waals surface area contributed by atoms with E-state index in [0.717, 1.165) is 16.8 Å². The van der Waals surface area contributed by atoms with E-state index in [4.69, 9.17) is 20.9 Å². The minimum absolute atomic E-state index is 0.376. The molecule has 0 saturated heterocycles. The van der Waals surface area contributed by atoms with Gasteiger partial charge in [0.05, 0.1) is 17.3 Å². The van der Waals surface area contributed by atoms with E-state index in [1.165, 1.54) is 5.56 Å². The highest BCUT2D eigenvalue weighted by Gasteiger charge is 2.14. The van der Waals surface area contributed by atoms with E-state index in [-0.39, 0.29) is 0 Å². The molecule has 136 valence electrons. The molecule has 0 spiro atoms. The van der Waals surface area contributed by atoms with Crippen molar-refractivity contribution in [3.05, 3.63) is 59.1 Å². The number of aromatic nitrogens is 4. The first-order valence-corrected chi connectivity index (χ1v) is 8.91. The van der Waals surface area contributed by atoms with Gasteiger partial charge in [0.1, 0.15) is 11.4 Å². The largest absolute Gasteiger partial charge is 0.492 e. The second kappa shape index (κ2) is 7.25. The molecule has 0 aliphatic heterocycles. The van der Waals surface area contributed by atoms with Crippen molar-refractivity contribution in [2.45, 2.75) is 13.8 Å². The van der Waals surface area contributed by atoms with Crippen molar-refractivity contribution >= 4 is 11.6 Å². The number of nitrogens with one attached hydrogen (secondary N) is 1. The molecule has 0 fully saturated rings. The zero-order chi connectivity index (χ0) is 18.8. The van der Waals surface area contributed by atoms with Gasteiger partial charge in [0.15, 0.2) is 0 Å². The Labute approximate surface area is 161 Å². The molecule has 2 aromatic carbocycles. The number of halogens is 1.